The Morgan fingerprint density at radius 1 is 1.64 bits per heavy atom. The van der Waals surface area contributed by atoms with Gasteiger partial charge in [0.25, 0.3) is 0 Å². The quantitative estimate of drug-likeness (QED) is 0.817. The van der Waals surface area contributed by atoms with Gasteiger partial charge in [-0.05, 0) is 6.07 Å². The number of carbonyl (C=O) groups is 1. The SMILES string of the molecule is N#Cc1ccc(CC(=O)O)c(F)c1Cl. The van der Waals surface area contributed by atoms with Crippen molar-refractivity contribution in [2.45, 2.75) is 6.42 Å². The Hall–Kier alpha value is -1.60. The lowest BCUT2D eigenvalue weighted by atomic mass is 10.1. The predicted molar refractivity (Wildman–Crippen MR) is 47.5 cm³/mol. The molecule has 0 atom stereocenters. The van der Waals surface area contributed by atoms with Gasteiger partial charge >= 0.3 is 5.97 Å². The van der Waals surface area contributed by atoms with Crippen LogP contribution in [-0.2, 0) is 11.2 Å². The monoisotopic (exact) mass is 213 g/mol. The molecule has 0 bridgehead atoms. The lowest BCUT2D eigenvalue weighted by Gasteiger charge is -2.02. The van der Waals surface area contributed by atoms with Crippen molar-refractivity contribution in [3.8, 4) is 6.07 Å². The molecule has 1 rings (SSSR count). The maximum atomic E-state index is 13.3. The fourth-order valence-electron chi connectivity index (χ4n) is 0.975. The molecule has 0 aromatic heterocycles. The number of carboxylic acid groups (broad SMARTS) is 1. The second-order valence-electron chi connectivity index (χ2n) is 2.58. The van der Waals surface area contributed by atoms with Crippen LogP contribution in [0, 0.1) is 17.1 Å². The fourth-order valence-corrected chi connectivity index (χ4v) is 1.20. The Balaban J connectivity index is 3.18. The van der Waals surface area contributed by atoms with Crippen LogP contribution in [0.1, 0.15) is 11.1 Å². The van der Waals surface area contributed by atoms with Crippen LogP contribution in [0.15, 0.2) is 12.1 Å². The van der Waals surface area contributed by atoms with Gasteiger partial charge in [0.05, 0.1) is 17.0 Å². The Labute approximate surface area is 84.3 Å². The summed E-state index contributed by atoms with van der Waals surface area (Å²) in [5.74, 6) is -1.99. The van der Waals surface area contributed by atoms with E-state index in [1.165, 1.54) is 12.1 Å². The molecule has 0 unspecified atom stereocenters. The largest absolute Gasteiger partial charge is 0.481 e. The number of nitrogens with zero attached hydrogens (tertiary/aromatic N) is 1. The molecule has 1 N–H and O–H groups in total. The summed E-state index contributed by atoms with van der Waals surface area (Å²) in [6.45, 7) is 0. The van der Waals surface area contributed by atoms with E-state index in [2.05, 4.69) is 0 Å². The number of halogens is 2. The molecule has 1 aromatic carbocycles. The van der Waals surface area contributed by atoms with E-state index in [0.29, 0.717) is 0 Å². The van der Waals surface area contributed by atoms with Crippen molar-refractivity contribution >= 4 is 17.6 Å². The summed E-state index contributed by atoms with van der Waals surface area (Å²) in [6.07, 6.45) is -0.447. The van der Waals surface area contributed by atoms with E-state index in [1.807, 2.05) is 0 Å². The molecule has 72 valence electrons. The van der Waals surface area contributed by atoms with Gasteiger partial charge in [0.15, 0.2) is 0 Å². The summed E-state index contributed by atoms with van der Waals surface area (Å²) < 4.78 is 13.3. The van der Waals surface area contributed by atoms with Gasteiger partial charge in [0.2, 0.25) is 0 Å². The van der Waals surface area contributed by atoms with Crippen molar-refractivity contribution in [1.82, 2.24) is 0 Å². The first-order valence-corrected chi connectivity index (χ1v) is 4.03. The highest BCUT2D eigenvalue weighted by molar-refractivity contribution is 6.32. The number of hydrogen-bond acceptors (Lipinski definition) is 2. The van der Waals surface area contributed by atoms with Crippen LogP contribution >= 0.6 is 11.6 Å². The standard InChI is InChI=1S/C9H5ClFNO2/c10-8-6(4-12)2-1-5(9(8)11)3-7(13)14/h1-2H,3H2,(H,13,14). The molecule has 3 nitrogen and oxygen atoms in total. The first kappa shape index (κ1) is 10.5. The van der Waals surface area contributed by atoms with Crippen molar-refractivity contribution < 1.29 is 14.3 Å². The molecule has 0 fully saturated rings. The second kappa shape index (κ2) is 4.07. The maximum Gasteiger partial charge on any atom is 0.307 e. The molecule has 0 aliphatic rings. The minimum Gasteiger partial charge on any atom is -0.481 e. The van der Waals surface area contributed by atoms with Crippen LogP contribution in [-0.4, -0.2) is 11.1 Å². The van der Waals surface area contributed by atoms with Gasteiger partial charge in [-0.3, -0.25) is 4.79 Å². The van der Waals surface area contributed by atoms with Crippen molar-refractivity contribution in [3.63, 3.8) is 0 Å². The van der Waals surface area contributed by atoms with E-state index >= 15 is 0 Å². The van der Waals surface area contributed by atoms with Gasteiger partial charge in [-0.2, -0.15) is 5.26 Å². The van der Waals surface area contributed by atoms with E-state index in [1.54, 1.807) is 6.07 Å². The van der Waals surface area contributed by atoms with Gasteiger partial charge in [0.1, 0.15) is 11.9 Å². The number of hydrogen-bond donors (Lipinski definition) is 1. The second-order valence-corrected chi connectivity index (χ2v) is 2.96. The molecule has 14 heavy (non-hydrogen) atoms. The molecule has 0 heterocycles. The summed E-state index contributed by atoms with van der Waals surface area (Å²) in [5.41, 5.74) is -0.0280. The highest BCUT2D eigenvalue weighted by Crippen LogP contribution is 2.22. The van der Waals surface area contributed by atoms with Crippen LogP contribution in [0.2, 0.25) is 5.02 Å². The molecule has 0 aliphatic carbocycles. The molecule has 0 spiro atoms. The Kier molecular flexibility index (Phi) is 3.05. The fraction of sp³-hybridized carbons (Fsp3) is 0.111. The molecule has 0 saturated carbocycles. The number of carboxylic acids is 1. The maximum absolute atomic E-state index is 13.3. The Morgan fingerprint density at radius 2 is 2.29 bits per heavy atom. The highest BCUT2D eigenvalue weighted by atomic mass is 35.5. The van der Waals surface area contributed by atoms with Crippen LogP contribution in [0.4, 0.5) is 4.39 Å². The van der Waals surface area contributed by atoms with Crippen molar-refractivity contribution in [1.29, 1.82) is 5.26 Å². The first-order chi connectivity index (χ1) is 6.56. The molecule has 0 saturated heterocycles. The van der Waals surface area contributed by atoms with Crippen LogP contribution < -0.4 is 0 Å². The molecule has 0 amide bonds. The third-order valence-electron chi connectivity index (χ3n) is 1.62. The van der Waals surface area contributed by atoms with Crippen molar-refractivity contribution in [3.05, 3.63) is 34.1 Å². The van der Waals surface area contributed by atoms with Gasteiger partial charge in [-0.25, -0.2) is 4.39 Å². The number of aliphatic carboxylic acids is 1. The average Bonchev–Trinajstić information content (AvgIpc) is 2.13. The van der Waals surface area contributed by atoms with Crippen molar-refractivity contribution in [2.75, 3.05) is 0 Å². The number of nitriles is 1. The molecular formula is C9H5ClFNO2. The lowest BCUT2D eigenvalue weighted by Crippen LogP contribution is -2.03. The summed E-state index contributed by atoms with van der Waals surface area (Å²) >= 11 is 5.49. The normalized spacial score (nSPS) is 9.50. The topological polar surface area (TPSA) is 61.1 Å². The first-order valence-electron chi connectivity index (χ1n) is 3.65. The minimum atomic E-state index is -1.15. The smallest absolute Gasteiger partial charge is 0.307 e. The van der Waals surface area contributed by atoms with Crippen molar-refractivity contribution in [2.24, 2.45) is 0 Å². The van der Waals surface area contributed by atoms with Gasteiger partial charge in [-0.1, -0.05) is 17.7 Å². The zero-order chi connectivity index (χ0) is 10.7. The zero-order valence-electron chi connectivity index (χ0n) is 6.92. The summed E-state index contributed by atoms with van der Waals surface area (Å²) in [7, 11) is 0. The summed E-state index contributed by atoms with van der Waals surface area (Å²) in [4.78, 5) is 10.3. The highest BCUT2D eigenvalue weighted by Gasteiger charge is 2.13. The molecule has 1 aromatic rings. The molecular weight excluding hydrogens is 209 g/mol. The van der Waals surface area contributed by atoms with E-state index in [4.69, 9.17) is 22.0 Å². The lowest BCUT2D eigenvalue weighted by molar-refractivity contribution is -0.136. The molecule has 0 aliphatic heterocycles. The van der Waals surface area contributed by atoms with Gasteiger partial charge in [-0.15, -0.1) is 0 Å². The Morgan fingerprint density at radius 3 is 2.79 bits per heavy atom. The number of benzene rings is 1. The summed E-state index contributed by atoms with van der Waals surface area (Å²) in [6, 6.07) is 4.24. The van der Waals surface area contributed by atoms with Crippen LogP contribution in [0.25, 0.3) is 0 Å². The van der Waals surface area contributed by atoms with Gasteiger partial charge in [0, 0.05) is 5.56 Å². The van der Waals surface area contributed by atoms with Crippen LogP contribution in [0.3, 0.4) is 0 Å². The third-order valence-corrected chi connectivity index (χ3v) is 1.99. The van der Waals surface area contributed by atoms with E-state index in [-0.39, 0.29) is 16.1 Å². The summed E-state index contributed by atoms with van der Waals surface area (Å²) in [5, 5.41) is 16.6. The minimum absolute atomic E-state index is 0.00157. The van der Waals surface area contributed by atoms with Crippen LogP contribution in [0.5, 0.6) is 0 Å². The third kappa shape index (κ3) is 2.01. The molecule has 0 radical (unpaired) electrons. The average molecular weight is 214 g/mol. The van der Waals surface area contributed by atoms with Gasteiger partial charge < -0.3 is 5.11 Å². The zero-order valence-corrected chi connectivity index (χ0v) is 7.68. The van der Waals surface area contributed by atoms with E-state index < -0.39 is 18.2 Å². The van der Waals surface area contributed by atoms with E-state index in [0.717, 1.165) is 0 Å². The Bertz CT molecular complexity index is 426. The predicted octanol–water partition coefficient (Wildman–Crippen LogP) is 1.98. The molecule has 5 heteroatoms. The number of rotatable bonds is 2. The van der Waals surface area contributed by atoms with E-state index in [9.17, 15) is 9.18 Å².